The molecule has 1 atom stereocenters. The minimum absolute atomic E-state index is 0.304. The van der Waals surface area contributed by atoms with Crippen LogP contribution in [0.5, 0.6) is 0 Å². The molecule has 0 saturated heterocycles. The predicted molar refractivity (Wildman–Crippen MR) is 74.9 cm³/mol. The summed E-state index contributed by atoms with van der Waals surface area (Å²) in [4.78, 5) is 23.7. The summed E-state index contributed by atoms with van der Waals surface area (Å²) in [5, 5.41) is 0. The molecule has 0 fully saturated rings. The summed E-state index contributed by atoms with van der Waals surface area (Å²) in [5.41, 5.74) is 4.59. The van der Waals surface area contributed by atoms with Crippen LogP contribution in [0.2, 0.25) is 0 Å². The van der Waals surface area contributed by atoms with Gasteiger partial charge in [0.15, 0.2) is 0 Å². The molecule has 0 aliphatic heterocycles. The van der Waals surface area contributed by atoms with Crippen molar-refractivity contribution in [1.82, 2.24) is 0 Å². The summed E-state index contributed by atoms with van der Waals surface area (Å²) >= 11 is 0. The number of benzene rings is 1. The molecular formula is C15H21NO4. The molecule has 0 spiro atoms. The van der Waals surface area contributed by atoms with Crippen LogP contribution in [0.15, 0.2) is 30.3 Å². The third-order valence-electron chi connectivity index (χ3n) is 2.78. The van der Waals surface area contributed by atoms with E-state index in [1.54, 1.807) is 52.0 Å². The zero-order chi connectivity index (χ0) is 15.4. The van der Waals surface area contributed by atoms with Crippen molar-refractivity contribution in [2.45, 2.75) is 45.3 Å². The number of ether oxygens (including phenoxy) is 2. The standard InChI is InChI=1S/C15H21NO4/c1-5-15(16,11-9-7-6-8-10-11)12(17)19-13(18)20-14(2,3)4/h6-10H,5,16H2,1-4H3. The maximum Gasteiger partial charge on any atom is 0.516 e. The lowest BCUT2D eigenvalue weighted by molar-refractivity contribution is -0.148. The number of hydrogen-bond acceptors (Lipinski definition) is 5. The summed E-state index contributed by atoms with van der Waals surface area (Å²) < 4.78 is 9.66. The summed E-state index contributed by atoms with van der Waals surface area (Å²) in [7, 11) is 0. The quantitative estimate of drug-likeness (QED) is 0.680. The first-order valence-electron chi connectivity index (χ1n) is 6.48. The Kier molecular flexibility index (Phi) is 4.89. The van der Waals surface area contributed by atoms with Gasteiger partial charge < -0.3 is 15.2 Å². The smallest absolute Gasteiger partial charge is 0.428 e. The topological polar surface area (TPSA) is 78.6 Å². The van der Waals surface area contributed by atoms with E-state index in [1.165, 1.54) is 0 Å². The summed E-state index contributed by atoms with van der Waals surface area (Å²) in [6.45, 7) is 6.81. The average Bonchev–Trinajstić information content (AvgIpc) is 2.36. The highest BCUT2D eigenvalue weighted by atomic mass is 16.7. The van der Waals surface area contributed by atoms with Crippen LogP contribution in [0.4, 0.5) is 4.79 Å². The van der Waals surface area contributed by atoms with Gasteiger partial charge in [0.25, 0.3) is 0 Å². The Bertz CT molecular complexity index is 478. The summed E-state index contributed by atoms with van der Waals surface area (Å²) in [6, 6.07) is 8.80. The van der Waals surface area contributed by atoms with E-state index >= 15 is 0 Å². The maximum absolute atomic E-state index is 12.1. The lowest BCUT2D eigenvalue weighted by Crippen LogP contribution is -2.46. The van der Waals surface area contributed by atoms with Gasteiger partial charge in [0.2, 0.25) is 0 Å². The van der Waals surface area contributed by atoms with E-state index in [0.29, 0.717) is 12.0 Å². The molecule has 1 unspecified atom stereocenters. The van der Waals surface area contributed by atoms with E-state index in [-0.39, 0.29) is 0 Å². The molecule has 5 heteroatoms. The molecule has 0 heterocycles. The van der Waals surface area contributed by atoms with Crippen molar-refractivity contribution in [3.05, 3.63) is 35.9 Å². The van der Waals surface area contributed by atoms with Gasteiger partial charge in [-0.25, -0.2) is 9.59 Å². The first kappa shape index (κ1) is 16.2. The highest BCUT2D eigenvalue weighted by Gasteiger charge is 2.38. The molecule has 0 aromatic heterocycles. The fraction of sp³-hybridized carbons (Fsp3) is 0.467. The molecule has 0 saturated carbocycles. The zero-order valence-corrected chi connectivity index (χ0v) is 12.3. The van der Waals surface area contributed by atoms with Gasteiger partial charge in [0.05, 0.1) is 0 Å². The predicted octanol–water partition coefficient (Wildman–Crippen LogP) is 2.73. The second-order valence-electron chi connectivity index (χ2n) is 5.54. The molecule has 20 heavy (non-hydrogen) atoms. The second-order valence-corrected chi connectivity index (χ2v) is 5.54. The normalized spacial score (nSPS) is 14.2. The molecule has 2 N–H and O–H groups in total. The van der Waals surface area contributed by atoms with Crippen molar-refractivity contribution in [2.24, 2.45) is 5.73 Å². The molecule has 0 aliphatic rings. The number of hydrogen-bond donors (Lipinski definition) is 1. The van der Waals surface area contributed by atoms with Gasteiger partial charge in [0.1, 0.15) is 11.1 Å². The number of esters is 1. The summed E-state index contributed by atoms with van der Waals surface area (Å²) in [6.07, 6.45) is -0.736. The Morgan fingerprint density at radius 3 is 2.15 bits per heavy atom. The van der Waals surface area contributed by atoms with Crippen LogP contribution in [0.1, 0.15) is 39.7 Å². The van der Waals surface area contributed by atoms with E-state index in [0.717, 1.165) is 0 Å². The number of carbonyl (C=O) groups is 2. The third-order valence-corrected chi connectivity index (χ3v) is 2.78. The molecule has 1 aromatic carbocycles. The summed E-state index contributed by atoms with van der Waals surface area (Å²) in [5.74, 6) is -0.819. The maximum atomic E-state index is 12.1. The van der Waals surface area contributed by atoms with Crippen molar-refractivity contribution in [2.75, 3.05) is 0 Å². The lowest BCUT2D eigenvalue weighted by atomic mass is 9.88. The van der Waals surface area contributed by atoms with E-state index < -0.39 is 23.3 Å². The van der Waals surface area contributed by atoms with Gasteiger partial charge in [-0.3, -0.25) is 0 Å². The Labute approximate surface area is 119 Å². The van der Waals surface area contributed by atoms with E-state index in [4.69, 9.17) is 15.2 Å². The van der Waals surface area contributed by atoms with E-state index in [1.807, 2.05) is 6.07 Å². The Hall–Kier alpha value is -1.88. The fourth-order valence-corrected chi connectivity index (χ4v) is 1.64. The largest absolute Gasteiger partial charge is 0.516 e. The molecule has 110 valence electrons. The third kappa shape index (κ3) is 4.06. The second kappa shape index (κ2) is 6.05. The van der Waals surface area contributed by atoms with E-state index in [2.05, 4.69) is 0 Å². The highest BCUT2D eigenvalue weighted by molar-refractivity contribution is 5.89. The molecule has 0 bridgehead atoms. The van der Waals surface area contributed by atoms with Crippen LogP contribution in [0.3, 0.4) is 0 Å². The van der Waals surface area contributed by atoms with Gasteiger partial charge >= 0.3 is 12.1 Å². The van der Waals surface area contributed by atoms with Crippen molar-refractivity contribution in [3.8, 4) is 0 Å². The minimum Gasteiger partial charge on any atom is -0.428 e. The molecule has 0 aliphatic carbocycles. The average molecular weight is 279 g/mol. The van der Waals surface area contributed by atoms with Gasteiger partial charge in [-0.2, -0.15) is 0 Å². The van der Waals surface area contributed by atoms with Crippen molar-refractivity contribution >= 4 is 12.1 Å². The molecule has 5 nitrogen and oxygen atoms in total. The van der Waals surface area contributed by atoms with Gasteiger partial charge in [-0.1, -0.05) is 37.3 Å². The lowest BCUT2D eigenvalue weighted by Gasteiger charge is -2.26. The van der Waals surface area contributed by atoms with Crippen molar-refractivity contribution in [1.29, 1.82) is 0 Å². The molecule has 0 amide bonds. The van der Waals surface area contributed by atoms with Crippen LogP contribution < -0.4 is 5.73 Å². The zero-order valence-electron chi connectivity index (χ0n) is 12.3. The van der Waals surface area contributed by atoms with Crippen LogP contribution >= 0.6 is 0 Å². The van der Waals surface area contributed by atoms with Gasteiger partial charge in [-0.05, 0) is 32.8 Å². The van der Waals surface area contributed by atoms with Crippen molar-refractivity contribution in [3.63, 3.8) is 0 Å². The van der Waals surface area contributed by atoms with Crippen LogP contribution in [-0.4, -0.2) is 17.7 Å². The highest BCUT2D eigenvalue weighted by Crippen LogP contribution is 2.24. The first-order valence-corrected chi connectivity index (χ1v) is 6.48. The van der Waals surface area contributed by atoms with Crippen LogP contribution in [0.25, 0.3) is 0 Å². The molecule has 0 radical (unpaired) electrons. The fourth-order valence-electron chi connectivity index (χ4n) is 1.64. The molecular weight excluding hydrogens is 258 g/mol. The van der Waals surface area contributed by atoms with Crippen LogP contribution in [-0.2, 0) is 19.8 Å². The SMILES string of the molecule is CCC(N)(C(=O)OC(=O)OC(C)(C)C)c1ccccc1. The Balaban J connectivity index is 2.86. The molecule has 1 rings (SSSR count). The first-order chi connectivity index (χ1) is 9.19. The Morgan fingerprint density at radius 1 is 1.15 bits per heavy atom. The monoisotopic (exact) mass is 279 g/mol. The minimum atomic E-state index is -1.36. The Morgan fingerprint density at radius 2 is 1.70 bits per heavy atom. The number of nitrogens with two attached hydrogens (primary N) is 1. The van der Waals surface area contributed by atoms with E-state index in [9.17, 15) is 9.59 Å². The van der Waals surface area contributed by atoms with Gasteiger partial charge in [-0.15, -0.1) is 0 Å². The molecule has 1 aromatic rings. The number of rotatable bonds is 3. The number of carbonyl (C=O) groups excluding carboxylic acids is 2. The van der Waals surface area contributed by atoms with Crippen LogP contribution in [0, 0.1) is 0 Å². The van der Waals surface area contributed by atoms with Gasteiger partial charge in [0, 0.05) is 0 Å². The van der Waals surface area contributed by atoms with Crippen molar-refractivity contribution < 1.29 is 19.1 Å².